The Morgan fingerprint density at radius 2 is 0.650 bits per heavy atom. The van der Waals surface area contributed by atoms with Crippen LogP contribution in [0.2, 0.25) is 0 Å². The van der Waals surface area contributed by atoms with Crippen molar-refractivity contribution < 1.29 is 28.6 Å². The van der Waals surface area contributed by atoms with Crippen molar-refractivity contribution in [2.45, 2.75) is 239 Å². The molecule has 6 heteroatoms. The van der Waals surface area contributed by atoms with Crippen molar-refractivity contribution in [2.75, 3.05) is 13.2 Å². The fraction of sp³-hybridized carbons (Fsp3) is 0.722. The Bertz CT molecular complexity index is 1140. The molecular weight excluding hydrogens is 745 g/mol. The first-order valence-corrected chi connectivity index (χ1v) is 25.0. The molecule has 0 spiro atoms. The monoisotopic (exact) mass is 837 g/mol. The van der Waals surface area contributed by atoms with E-state index in [1.54, 1.807) is 0 Å². The van der Waals surface area contributed by atoms with E-state index < -0.39 is 6.10 Å². The van der Waals surface area contributed by atoms with Crippen LogP contribution in [0.5, 0.6) is 0 Å². The summed E-state index contributed by atoms with van der Waals surface area (Å²) in [6.45, 7) is 6.43. The molecule has 0 bridgehead atoms. The van der Waals surface area contributed by atoms with Crippen LogP contribution < -0.4 is 0 Å². The van der Waals surface area contributed by atoms with Gasteiger partial charge in [0.1, 0.15) is 13.2 Å². The highest BCUT2D eigenvalue weighted by atomic mass is 16.6. The van der Waals surface area contributed by atoms with E-state index in [1.807, 2.05) is 18.2 Å². The van der Waals surface area contributed by atoms with Gasteiger partial charge >= 0.3 is 17.9 Å². The summed E-state index contributed by atoms with van der Waals surface area (Å²) in [5, 5.41) is 0. The molecule has 0 rings (SSSR count). The number of hydrogen-bond acceptors (Lipinski definition) is 6. The third-order valence-electron chi connectivity index (χ3n) is 10.6. The average Bonchev–Trinajstić information content (AvgIpc) is 3.24. The first-order valence-electron chi connectivity index (χ1n) is 25.0. The van der Waals surface area contributed by atoms with Crippen LogP contribution in [0.25, 0.3) is 0 Å². The Balaban J connectivity index is 4.44. The summed E-state index contributed by atoms with van der Waals surface area (Å²) < 4.78 is 16.8. The molecule has 0 saturated heterocycles. The highest BCUT2D eigenvalue weighted by Gasteiger charge is 2.19. The number of allylic oxidation sites excluding steroid dienone is 12. The van der Waals surface area contributed by atoms with Gasteiger partial charge in [0.25, 0.3) is 0 Å². The number of esters is 3. The Kier molecular flexibility index (Phi) is 46.0. The molecule has 344 valence electrons. The molecule has 60 heavy (non-hydrogen) atoms. The molecule has 0 heterocycles. The fourth-order valence-electron chi connectivity index (χ4n) is 6.80. The van der Waals surface area contributed by atoms with E-state index in [0.29, 0.717) is 19.3 Å². The number of rotatable bonds is 44. The van der Waals surface area contributed by atoms with Gasteiger partial charge in [-0.25, -0.2) is 0 Å². The van der Waals surface area contributed by atoms with Crippen molar-refractivity contribution >= 4 is 17.9 Å². The third kappa shape index (κ3) is 45.9. The number of unbranched alkanes of at least 4 members (excludes halogenated alkanes) is 25. The molecule has 1 unspecified atom stereocenters. The Morgan fingerprint density at radius 1 is 0.350 bits per heavy atom. The molecule has 0 aliphatic heterocycles. The van der Waals surface area contributed by atoms with Crippen molar-refractivity contribution in [3.8, 4) is 0 Å². The van der Waals surface area contributed by atoms with Crippen LogP contribution in [0.3, 0.4) is 0 Å². The minimum absolute atomic E-state index is 0.0869. The van der Waals surface area contributed by atoms with Crippen molar-refractivity contribution in [3.05, 3.63) is 72.9 Å². The van der Waals surface area contributed by atoms with Crippen LogP contribution in [0.4, 0.5) is 0 Å². The molecule has 0 fully saturated rings. The van der Waals surface area contributed by atoms with E-state index in [2.05, 4.69) is 75.5 Å². The van der Waals surface area contributed by atoms with Gasteiger partial charge in [-0.2, -0.15) is 0 Å². The molecular formula is C54H92O6. The number of ether oxygens (including phenoxy) is 3. The van der Waals surface area contributed by atoms with Gasteiger partial charge in [0.15, 0.2) is 6.10 Å². The second-order valence-electron chi connectivity index (χ2n) is 16.5. The zero-order valence-corrected chi connectivity index (χ0v) is 39.2. The van der Waals surface area contributed by atoms with Crippen LogP contribution in [0, 0.1) is 0 Å². The second kappa shape index (κ2) is 48.5. The highest BCUT2D eigenvalue weighted by molar-refractivity contribution is 5.71. The summed E-state index contributed by atoms with van der Waals surface area (Å²) in [6, 6.07) is 0. The van der Waals surface area contributed by atoms with E-state index in [1.165, 1.54) is 96.3 Å². The summed E-state index contributed by atoms with van der Waals surface area (Å²) in [5.74, 6) is -0.922. The molecule has 0 aliphatic rings. The third-order valence-corrected chi connectivity index (χ3v) is 10.6. The molecule has 6 nitrogen and oxygen atoms in total. The SMILES string of the molecule is CC\C=C/C=C\C=C/C=C\CCCCCCCC(=O)OCC(COC(=O)CCCCCCCCCCCCCC)OC(=O)CCCCCCCC/C=C\C=C/CCCCC. The summed E-state index contributed by atoms with van der Waals surface area (Å²) in [6.07, 6.45) is 60.2. The number of hydrogen-bond donors (Lipinski definition) is 0. The van der Waals surface area contributed by atoms with Crippen molar-refractivity contribution in [1.82, 2.24) is 0 Å². The number of carbonyl (C=O) groups excluding carboxylic acids is 3. The zero-order valence-electron chi connectivity index (χ0n) is 39.2. The van der Waals surface area contributed by atoms with Crippen LogP contribution in [-0.4, -0.2) is 37.2 Å². The van der Waals surface area contributed by atoms with Crippen molar-refractivity contribution in [1.29, 1.82) is 0 Å². The maximum Gasteiger partial charge on any atom is 0.306 e. The van der Waals surface area contributed by atoms with Gasteiger partial charge < -0.3 is 14.2 Å². The number of carbonyl (C=O) groups is 3. The minimum Gasteiger partial charge on any atom is -0.462 e. The summed E-state index contributed by atoms with van der Waals surface area (Å²) in [4.78, 5) is 37.9. The summed E-state index contributed by atoms with van der Waals surface area (Å²) >= 11 is 0. The van der Waals surface area contributed by atoms with Crippen molar-refractivity contribution in [3.63, 3.8) is 0 Å². The zero-order chi connectivity index (χ0) is 43.7. The molecule has 0 radical (unpaired) electrons. The van der Waals surface area contributed by atoms with Gasteiger partial charge in [-0.05, 0) is 64.2 Å². The molecule has 0 aromatic rings. The minimum atomic E-state index is -0.788. The van der Waals surface area contributed by atoms with E-state index >= 15 is 0 Å². The maximum atomic E-state index is 12.8. The molecule has 0 amide bonds. The molecule has 0 aromatic heterocycles. The Morgan fingerprint density at radius 3 is 1.07 bits per heavy atom. The summed E-state index contributed by atoms with van der Waals surface area (Å²) in [7, 11) is 0. The van der Waals surface area contributed by atoms with Gasteiger partial charge in [-0.1, -0.05) is 222 Å². The van der Waals surface area contributed by atoms with E-state index in [4.69, 9.17) is 14.2 Å². The van der Waals surface area contributed by atoms with Gasteiger partial charge in [0, 0.05) is 19.3 Å². The van der Waals surface area contributed by atoms with Gasteiger partial charge in [0.05, 0.1) is 0 Å². The fourth-order valence-corrected chi connectivity index (χ4v) is 6.80. The smallest absolute Gasteiger partial charge is 0.306 e. The predicted octanol–water partition coefficient (Wildman–Crippen LogP) is 16.3. The summed E-state index contributed by atoms with van der Waals surface area (Å²) in [5.41, 5.74) is 0. The lowest BCUT2D eigenvalue weighted by atomic mass is 10.0. The van der Waals surface area contributed by atoms with E-state index in [-0.39, 0.29) is 31.1 Å². The van der Waals surface area contributed by atoms with Gasteiger partial charge in [0.2, 0.25) is 0 Å². The van der Waals surface area contributed by atoms with Gasteiger partial charge in [-0.3, -0.25) is 14.4 Å². The van der Waals surface area contributed by atoms with Crippen LogP contribution >= 0.6 is 0 Å². The van der Waals surface area contributed by atoms with Crippen molar-refractivity contribution in [2.24, 2.45) is 0 Å². The van der Waals surface area contributed by atoms with E-state index in [9.17, 15) is 14.4 Å². The first-order chi connectivity index (χ1) is 29.5. The molecule has 0 saturated carbocycles. The average molecular weight is 837 g/mol. The van der Waals surface area contributed by atoms with Crippen LogP contribution in [0.1, 0.15) is 233 Å². The molecule has 1 atom stereocenters. The predicted molar refractivity (Wildman–Crippen MR) is 256 cm³/mol. The Labute approximate surface area is 370 Å². The second-order valence-corrected chi connectivity index (χ2v) is 16.5. The van der Waals surface area contributed by atoms with Gasteiger partial charge in [-0.15, -0.1) is 0 Å². The van der Waals surface area contributed by atoms with E-state index in [0.717, 1.165) is 96.3 Å². The van der Waals surface area contributed by atoms with Crippen LogP contribution in [-0.2, 0) is 28.6 Å². The normalized spacial score (nSPS) is 12.7. The lowest BCUT2D eigenvalue weighted by molar-refractivity contribution is -0.167. The first kappa shape index (κ1) is 56.9. The topological polar surface area (TPSA) is 78.9 Å². The lowest BCUT2D eigenvalue weighted by Gasteiger charge is -2.18. The maximum absolute atomic E-state index is 12.8. The molecule has 0 aromatic carbocycles. The highest BCUT2D eigenvalue weighted by Crippen LogP contribution is 2.14. The largest absolute Gasteiger partial charge is 0.462 e. The molecule has 0 aliphatic carbocycles. The Hall–Kier alpha value is -3.15. The quantitative estimate of drug-likeness (QED) is 0.0263. The van der Waals surface area contributed by atoms with Crippen LogP contribution in [0.15, 0.2) is 72.9 Å². The standard InChI is InChI=1S/C54H92O6/c1-4-7-10-13-16-19-22-25-27-29-32-35-38-41-44-47-53(56)59-50-51(49-58-52(55)46-43-40-37-34-31-24-21-18-15-12-9-6-3)60-54(57)48-45-42-39-36-33-30-28-26-23-20-17-14-11-8-5-2/h7,10,13,16-17,19-20,22-23,25-27,51H,4-6,8-9,11-12,14-15,18,21,24,28-50H2,1-3H3/b10-7-,16-13-,20-17-,22-19-,26-23-,27-25-. The lowest BCUT2D eigenvalue weighted by Crippen LogP contribution is -2.30. The molecule has 0 N–H and O–H groups in total.